The first-order valence-electron chi connectivity index (χ1n) is 6.01. The quantitative estimate of drug-likeness (QED) is 0.907. The first kappa shape index (κ1) is 14.4. The predicted molar refractivity (Wildman–Crippen MR) is 81.4 cm³/mol. The molecule has 0 unspecified atom stereocenters. The van der Waals surface area contributed by atoms with E-state index >= 15 is 0 Å². The molecule has 5 heteroatoms. The van der Waals surface area contributed by atoms with E-state index in [1.807, 2.05) is 38.1 Å². The van der Waals surface area contributed by atoms with Crippen LogP contribution in [0.1, 0.15) is 19.7 Å². The Morgan fingerprint density at radius 1 is 1.32 bits per heavy atom. The third-order valence-electron chi connectivity index (χ3n) is 2.38. The maximum atomic E-state index is 5.93. The van der Waals surface area contributed by atoms with Crippen molar-refractivity contribution in [1.82, 2.24) is 4.98 Å². The molecule has 102 valence electrons. The summed E-state index contributed by atoms with van der Waals surface area (Å²) in [4.78, 5) is 4.27. The molecule has 2 N–H and O–H groups in total. The molecule has 1 aromatic carbocycles. The zero-order chi connectivity index (χ0) is 13.9. The Bertz CT molecular complexity index is 531. The van der Waals surface area contributed by atoms with Gasteiger partial charge >= 0.3 is 0 Å². The number of nitrogens with two attached hydrogens (primary N) is 1. The van der Waals surface area contributed by atoms with Gasteiger partial charge in [0, 0.05) is 21.9 Å². The van der Waals surface area contributed by atoms with E-state index in [9.17, 15) is 0 Å². The summed E-state index contributed by atoms with van der Waals surface area (Å²) in [5.41, 5.74) is 6.73. The number of aromatic nitrogens is 1. The van der Waals surface area contributed by atoms with Crippen LogP contribution >= 0.6 is 23.4 Å². The van der Waals surface area contributed by atoms with Crippen molar-refractivity contribution in [2.75, 3.05) is 5.75 Å². The molecule has 1 aromatic heterocycles. The van der Waals surface area contributed by atoms with Gasteiger partial charge in [-0.05, 0) is 38.1 Å². The highest BCUT2D eigenvalue weighted by atomic mass is 35.5. The average Bonchev–Trinajstić information content (AvgIpc) is 2.77. The SMILES string of the molecule is CC(C)(N)CSCc1ncc(-c2ccc(Cl)cc2)o1. The first-order valence-corrected chi connectivity index (χ1v) is 7.54. The van der Waals surface area contributed by atoms with Crippen LogP contribution in [0.5, 0.6) is 0 Å². The lowest BCUT2D eigenvalue weighted by Crippen LogP contribution is -2.34. The molecule has 1 heterocycles. The lowest BCUT2D eigenvalue weighted by Gasteiger charge is -2.16. The lowest BCUT2D eigenvalue weighted by molar-refractivity contribution is 0.529. The van der Waals surface area contributed by atoms with Crippen LogP contribution in [0.25, 0.3) is 11.3 Å². The Morgan fingerprint density at radius 3 is 2.63 bits per heavy atom. The standard InChI is InChI=1S/C14H17ClN2OS/c1-14(2,16)9-19-8-13-17-7-12(18-13)10-3-5-11(15)6-4-10/h3-7H,8-9,16H2,1-2H3. The number of oxazole rings is 1. The van der Waals surface area contributed by atoms with Gasteiger partial charge in [0.05, 0.1) is 11.9 Å². The largest absolute Gasteiger partial charge is 0.440 e. The molecular weight excluding hydrogens is 280 g/mol. The van der Waals surface area contributed by atoms with Crippen LogP contribution in [0.3, 0.4) is 0 Å². The van der Waals surface area contributed by atoms with Crippen molar-refractivity contribution in [1.29, 1.82) is 0 Å². The Balaban J connectivity index is 1.97. The van der Waals surface area contributed by atoms with Gasteiger partial charge in [-0.3, -0.25) is 0 Å². The predicted octanol–water partition coefficient (Wildman–Crippen LogP) is 3.97. The van der Waals surface area contributed by atoms with E-state index < -0.39 is 0 Å². The number of thioether (sulfide) groups is 1. The van der Waals surface area contributed by atoms with Crippen LogP contribution in [0.2, 0.25) is 5.02 Å². The van der Waals surface area contributed by atoms with E-state index in [2.05, 4.69) is 4.98 Å². The van der Waals surface area contributed by atoms with Gasteiger partial charge in [-0.25, -0.2) is 4.98 Å². The first-order chi connectivity index (χ1) is 8.94. The van der Waals surface area contributed by atoms with Crippen molar-refractivity contribution in [3.63, 3.8) is 0 Å². The van der Waals surface area contributed by atoms with Crippen LogP contribution in [-0.2, 0) is 5.75 Å². The normalized spacial score (nSPS) is 11.8. The molecule has 0 amide bonds. The monoisotopic (exact) mass is 296 g/mol. The molecule has 19 heavy (non-hydrogen) atoms. The summed E-state index contributed by atoms with van der Waals surface area (Å²) >= 11 is 7.58. The third-order valence-corrected chi connectivity index (χ3v) is 4.03. The minimum absolute atomic E-state index is 0.170. The van der Waals surface area contributed by atoms with E-state index in [4.69, 9.17) is 21.8 Å². The highest BCUT2D eigenvalue weighted by molar-refractivity contribution is 7.98. The molecular formula is C14H17ClN2OS. The summed E-state index contributed by atoms with van der Waals surface area (Å²) in [5.74, 6) is 3.08. The van der Waals surface area contributed by atoms with Crippen LogP contribution in [-0.4, -0.2) is 16.3 Å². The highest BCUT2D eigenvalue weighted by Crippen LogP contribution is 2.24. The molecule has 0 bridgehead atoms. The smallest absolute Gasteiger partial charge is 0.204 e. The van der Waals surface area contributed by atoms with E-state index in [-0.39, 0.29) is 5.54 Å². The molecule has 0 aliphatic rings. The fourth-order valence-electron chi connectivity index (χ4n) is 1.53. The summed E-state index contributed by atoms with van der Waals surface area (Å²) in [6.07, 6.45) is 1.74. The van der Waals surface area contributed by atoms with Crippen LogP contribution in [0.15, 0.2) is 34.9 Å². The fourth-order valence-corrected chi connectivity index (χ4v) is 2.59. The van der Waals surface area contributed by atoms with Gasteiger partial charge in [-0.1, -0.05) is 11.6 Å². The summed E-state index contributed by atoms with van der Waals surface area (Å²) < 4.78 is 5.71. The molecule has 0 fully saturated rings. The topological polar surface area (TPSA) is 52.0 Å². The van der Waals surface area contributed by atoms with Crippen molar-refractivity contribution in [2.45, 2.75) is 25.1 Å². The van der Waals surface area contributed by atoms with Gasteiger partial charge in [0.2, 0.25) is 5.89 Å². The summed E-state index contributed by atoms with van der Waals surface area (Å²) in [6, 6.07) is 7.51. The molecule has 0 saturated carbocycles. The summed E-state index contributed by atoms with van der Waals surface area (Å²) in [6.45, 7) is 4.02. The average molecular weight is 297 g/mol. The van der Waals surface area contributed by atoms with Crippen molar-refractivity contribution >= 4 is 23.4 Å². The second-order valence-electron chi connectivity index (χ2n) is 5.11. The highest BCUT2D eigenvalue weighted by Gasteiger charge is 2.12. The van der Waals surface area contributed by atoms with Crippen molar-refractivity contribution in [3.8, 4) is 11.3 Å². The number of rotatable bonds is 5. The second-order valence-corrected chi connectivity index (χ2v) is 6.53. The van der Waals surface area contributed by atoms with Gasteiger partial charge in [0.15, 0.2) is 5.76 Å². The third kappa shape index (κ3) is 4.56. The van der Waals surface area contributed by atoms with E-state index in [0.29, 0.717) is 5.02 Å². The van der Waals surface area contributed by atoms with Gasteiger partial charge in [0.1, 0.15) is 0 Å². The van der Waals surface area contributed by atoms with Gasteiger partial charge in [-0.2, -0.15) is 11.8 Å². The number of hydrogen-bond donors (Lipinski definition) is 1. The molecule has 0 radical (unpaired) electrons. The van der Waals surface area contributed by atoms with Crippen molar-refractivity contribution in [2.24, 2.45) is 5.73 Å². The number of nitrogens with zero attached hydrogens (tertiary/aromatic N) is 1. The van der Waals surface area contributed by atoms with E-state index in [1.54, 1.807) is 18.0 Å². The van der Waals surface area contributed by atoms with Crippen LogP contribution < -0.4 is 5.73 Å². The number of benzene rings is 1. The maximum Gasteiger partial charge on any atom is 0.204 e. The van der Waals surface area contributed by atoms with E-state index in [0.717, 1.165) is 28.7 Å². The molecule has 0 aliphatic heterocycles. The Hall–Kier alpha value is -0.970. The Morgan fingerprint density at radius 2 is 2.00 bits per heavy atom. The number of hydrogen-bond acceptors (Lipinski definition) is 4. The Labute approximate surface area is 122 Å². The minimum atomic E-state index is -0.170. The zero-order valence-corrected chi connectivity index (χ0v) is 12.6. The molecule has 0 saturated heterocycles. The minimum Gasteiger partial charge on any atom is -0.440 e. The number of halogens is 1. The molecule has 2 aromatic rings. The second kappa shape index (κ2) is 5.99. The van der Waals surface area contributed by atoms with Crippen LogP contribution in [0, 0.1) is 0 Å². The zero-order valence-electron chi connectivity index (χ0n) is 11.0. The van der Waals surface area contributed by atoms with E-state index in [1.165, 1.54) is 0 Å². The molecule has 0 spiro atoms. The fraction of sp³-hybridized carbons (Fsp3) is 0.357. The van der Waals surface area contributed by atoms with Crippen LogP contribution in [0.4, 0.5) is 0 Å². The summed E-state index contributed by atoms with van der Waals surface area (Å²) in [5, 5.41) is 0.712. The molecule has 2 rings (SSSR count). The molecule has 0 aliphatic carbocycles. The maximum absolute atomic E-state index is 5.93. The van der Waals surface area contributed by atoms with Gasteiger partial charge < -0.3 is 10.2 Å². The molecule has 0 atom stereocenters. The van der Waals surface area contributed by atoms with Gasteiger partial charge in [-0.15, -0.1) is 0 Å². The lowest BCUT2D eigenvalue weighted by atomic mass is 10.1. The van der Waals surface area contributed by atoms with Crippen molar-refractivity contribution in [3.05, 3.63) is 41.4 Å². The Kier molecular flexibility index (Phi) is 4.55. The molecule has 3 nitrogen and oxygen atoms in total. The summed E-state index contributed by atoms with van der Waals surface area (Å²) in [7, 11) is 0. The van der Waals surface area contributed by atoms with Gasteiger partial charge in [0.25, 0.3) is 0 Å². The van der Waals surface area contributed by atoms with Crippen molar-refractivity contribution < 1.29 is 4.42 Å².